The van der Waals surface area contributed by atoms with Gasteiger partial charge in [-0.25, -0.2) is 0 Å². The minimum atomic E-state index is -1.91. The van der Waals surface area contributed by atoms with Crippen LogP contribution in [-0.2, 0) is 6.16 Å². The Morgan fingerprint density at radius 3 is 1.36 bits per heavy atom. The van der Waals surface area contributed by atoms with Gasteiger partial charge in [0.1, 0.15) is 23.2 Å². The third kappa shape index (κ3) is 3.38. The van der Waals surface area contributed by atoms with Crippen LogP contribution in [0.1, 0.15) is 11.1 Å². The van der Waals surface area contributed by atoms with E-state index in [9.17, 15) is 0 Å². The highest BCUT2D eigenvalue weighted by atomic mass is 31.2. The van der Waals surface area contributed by atoms with E-state index >= 15 is 0 Å². The summed E-state index contributed by atoms with van der Waals surface area (Å²) in [5.74, 6) is 2.89. The SMILES string of the molecule is C#Cc1ccccc1C[P+](c1ccccc1)(c1ccccc1)c1ccccc1. The normalized spacial score (nSPS) is 11.0. The second kappa shape index (κ2) is 8.26. The molecule has 4 rings (SSSR count). The molecule has 0 aliphatic rings. The Morgan fingerprint density at radius 1 is 0.536 bits per heavy atom. The molecule has 0 spiro atoms. The first-order valence-electron chi connectivity index (χ1n) is 9.44. The van der Waals surface area contributed by atoms with Gasteiger partial charge >= 0.3 is 0 Å². The van der Waals surface area contributed by atoms with Gasteiger partial charge in [0.05, 0.1) is 6.16 Å². The van der Waals surface area contributed by atoms with Gasteiger partial charge in [-0.3, -0.25) is 0 Å². The molecule has 0 bridgehead atoms. The highest BCUT2D eigenvalue weighted by Gasteiger charge is 2.45. The summed E-state index contributed by atoms with van der Waals surface area (Å²) in [6.07, 6.45) is 6.76. The summed E-state index contributed by atoms with van der Waals surface area (Å²) in [5, 5.41) is 4.12. The summed E-state index contributed by atoms with van der Waals surface area (Å²) in [6, 6.07) is 41.1. The molecule has 0 aliphatic carbocycles. The molecule has 0 saturated heterocycles. The summed E-state index contributed by atoms with van der Waals surface area (Å²) in [6.45, 7) is 0. The zero-order chi connectivity index (χ0) is 19.2. The summed E-state index contributed by atoms with van der Waals surface area (Å²) in [7, 11) is -1.91. The van der Waals surface area contributed by atoms with Crippen LogP contribution in [0.2, 0.25) is 0 Å². The molecule has 0 fully saturated rings. The van der Waals surface area contributed by atoms with Crippen molar-refractivity contribution in [1.82, 2.24) is 0 Å². The topological polar surface area (TPSA) is 0 Å². The fourth-order valence-electron chi connectivity index (χ4n) is 3.82. The van der Waals surface area contributed by atoms with Crippen molar-refractivity contribution in [2.75, 3.05) is 0 Å². The molecule has 0 saturated carbocycles. The average molecular weight is 377 g/mol. The standard InChI is InChI=1S/C27H22P/c1-2-23-14-12-13-15-24(23)22-28(25-16-6-3-7-17-25,26-18-8-4-9-19-26)27-20-10-5-11-21-27/h1,3-21H,22H2/q+1. The van der Waals surface area contributed by atoms with Crippen molar-refractivity contribution in [3.8, 4) is 12.3 Å². The quantitative estimate of drug-likeness (QED) is 0.333. The molecule has 28 heavy (non-hydrogen) atoms. The lowest BCUT2D eigenvalue weighted by atomic mass is 10.1. The third-order valence-electron chi connectivity index (χ3n) is 5.17. The molecule has 0 unspecified atom stereocenters. The predicted octanol–water partition coefficient (Wildman–Crippen LogP) is 5.16. The molecular formula is C27H22P+. The Hall–Kier alpha value is -3.13. The van der Waals surface area contributed by atoms with Gasteiger partial charge in [0, 0.05) is 11.1 Å². The van der Waals surface area contributed by atoms with Crippen molar-refractivity contribution in [2.45, 2.75) is 6.16 Å². The summed E-state index contributed by atoms with van der Waals surface area (Å²) in [4.78, 5) is 0. The van der Waals surface area contributed by atoms with Gasteiger partial charge in [0.2, 0.25) is 0 Å². The molecule has 134 valence electrons. The fourth-order valence-corrected chi connectivity index (χ4v) is 8.10. The van der Waals surface area contributed by atoms with E-state index in [1.54, 1.807) is 0 Å². The molecule has 0 radical (unpaired) electrons. The molecule has 1 heteroatoms. The smallest absolute Gasteiger partial charge is 0.115 e. The van der Waals surface area contributed by atoms with E-state index in [1.807, 2.05) is 12.1 Å². The second-order valence-electron chi connectivity index (χ2n) is 6.78. The lowest BCUT2D eigenvalue weighted by Crippen LogP contribution is -2.32. The van der Waals surface area contributed by atoms with Crippen LogP contribution in [0.15, 0.2) is 115 Å². The van der Waals surface area contributed by atoms with Gasteiger partial charge in [0.15, 0.2) is 0 Å². The Kier molecular flexibility index (Phi) is 5.38. The van der Waals surface area contributed by atoms with Crippen molar-refractivity contribution >= 4 is 23.2 Å². The zero-order valence-corrected chi connectivity index (χ0v) is 16.6. The van der Waals surface area contributed by atoms with Gasteiger partial charge in [-0.15, -0.1) is 6.42 Å². The number of terminal acetylenes is 1. The minimum Gasteiger partial charge on any atom is -0.115 e. The van der Waals surface area contributed by atoms with E-state index < -0.39 is 7.26 Å². The van der Waals surface area contributed by atoms with Gasteiger partial charge in [0.25, 0.3) is 0 Å². The maximum absolute atomic E-state index is 5.85. The highest BCUT2D eigenvalue weighted by molar-refractivity contribution is 7.95. The molecule has 0 aromatic heterocycles. The molecule has 4 aromatic rings. The average Bonchev–Trinajstić information content (AvgIpc) is 2.79. The van der Waals surface area contributed by atoms with Gasteiger partial charge < -0.3 is 0 Å². The molecule has 0 N–H and O–H groups in total. The zero-order valence-electron chi connectivity index (χ0n) is 15.7. The van der Waals surface area contributed by atoms with Crippen LogP contribution in [0.5, 0.6) is 0 Å². The summed E-state index contributed by atoms with van der Waals surface area (Å²) >= 11 is 0. The maximum Gasteiger partial charge on any atom is 0.116 e. The molecule has 0 amide bonds. The van der Waals surface area contributed by atoms with Crippen molar-refractivity contribution < 1.29 is 0 Å². The Morgan fingerprint density at radius 2 is 0.929 bits per heavy atom. The van der Waals surface area contributed by atoms with Crippen molar-refractivity contribution in [3.05, 3.63) is 126 Å². The first kappa shape index (κ1) is 18.2. The lowest BCUT2D eigenvalue weighted by Gasteiger charge is -2.28. The van der Waals surface area contributed by atoms with Crippen LogP contribution in [-0.4, -0.2) is 0 Å². The fraction of sp³-hybridized carbons (Fsp3) is 0.0370. The first-order chi connectivity index (χ1) is 13.8. The Labute approximate surface area is 168 Å². The van der Waals surface area contributed by atoms with Crippen molar-refractivity contribution in [3.63, 3.8) is 0 Å². The van der Waals surface area contributed by atoms with Crippen LogP contribution in [0, 0.1) is 12.3 Å². The largest absolute Gasteiger partial charge is 0.116 e. The van der Waals surface area contributed by atoms with Crippen LogP contribution < -0.4 is 15.9 Å². The predicted molar refractivity (Wildman–Crippen MR) is 123 cm³/mol. The van der Waals surface area contributed by atoms with E-state index in [2.05, 4.69) is 109 Å². The van der Waals surface area contributed by atoms with Gasteiger partial charge in [-0.05, 0) is 42.5 Å². The highest BCUT2D eigenvalue weighted by Crippen LogP contribution is 2.58. The number of hydrogen-bond acceptors (Lipinski definition) is 0. The number of benzene rings is 4. The van der Waals surface area contributed by atoms with Crippen LogP contribution in [0.25, 0.3) is 0 Å². The Balaban J connectivity index is 2.03. The van der Waals surface area contributed by atoms with Gasteiger partial charge in [-0.2, -0.15) is 0 Å². The van der Waals surface area contributed by atoms with E-state index in [1.165, 1.54) is 21.5 Å². The van der Waals surface area contributed by atoms with E-state index in [4.69, 9.17) is 6.42 Å². The Bertz CT molecular complexity index is 981. The third-order valence-corrected chi connectivity index (χ3v) is 9.53. The van der Waals surface area contributed by atoms with Gasteiger partial charge in [-0.1, -0.05) is 78.7 Å². The molecular weight excluding hydrogens is 355 g/mol. The molecule has 4 aromatic carbocycles. The number of rotatable bonds is 5. The van der Waals surface area contributed by atoms with E-state index in [-0.39, 0.29) is 0 Å². The molecule has 0 heterocycles. The van der Waals surface area contributed by atoms with E-state index in [0.29, 0.717) is 0 Å². The van der Waals surface area contributed by atoms with E-state index in [0.717, 1.165) is 11.7 Å². The molecule has 0 aliphatic heterocycles. The van der Waals surface area contributed by atoms with Crippen molar-refractivity contribution in [1.29, 1.82) is 0 Å². The summed E-state index contributed by atoms with van der Waals surface area (Å²) < 4.78 is 0. The minimum absolute atomic E-state index is 0.908. The van der Waals surface area contributed by atoms with Crippen molar-refractivity contribution in [2.24, 2.45) is 0 Å². The first-order valence-corrected chi connectivity index (χ1v) is 11.4. The van der Waals surface area contributed by atoms with Crippen LogP contribution in [0.4, 0.5) is 0 Å². The molecule has 0 atom stereocenters. The molecule has 0 nitrogen and oxygen atoms in total. The monoisotopic (exact) mass is 377 g/mol. The second-order valence-corrected chi connectivity index (χ2v) is 10.3. The maximum atomic E-state index is 5.85. The van der Waals surface area contributed by atoms with Crippen LogP contribution in [0.3, 0.4) is 0 Å². The van der Waals surface area contributed by atoms with Crippen LogP contribution >= 0.6 is 7.26 Å². The lowest BCUT2D eigenvalue weighted by molar-refractivity contribution is 1.36. The summed E-state index contributed by atoms with van der Waals surface area (Å²) in [5.41, 5.74) is 2.21. The number of hydrogen-bond donors (Lipinski definition) is 0.